The molecule has 1 amide bonds. The summed E-state index contributed by atoms with van der Waals surface area (Å²) in [5, 5.41) is 14.1. The van der Waals surface area contributed by atoms with Crippen LogP contribution >= 0.6 is 0 Å². The van der Waals surface area contributed by atoms with E-state index in [1.165, 1.54) is 7.11 Å². The maximum Gasteiger partial charge on any atom is 0.411 e. The van der Waals surface area contributed by atoms with Crippen LogP contribution in [0.3, 0.4) is 0 Å². The molecule has 1 aromatic carbocycles. The van der Waals surface area contributed by atoms with Gasteiger partial charge < -0.3 is 9.94 Å². The van der Waals surface area contributed by atoms with E-state index in [1.807, 2.05) is 0 Å². The highest BCUT2D eigenvalue weighted by atomic mass is 16.5. The highest BCUT2D eigenvalue weighted by Gasteiger charge is 2.01. The van der Waals surface area contributed by atoms with E-state index in [-0.39, 0.29) is 0 Å². The lowest BCUT2D eigenvalue weighted by Gasteiger charge is -2.04. The minimum Gasteiger partial charge on any atom is -0.453 e. The Labute approximate surface area is 87.4 Å². The number of hydrogen-bond acceptors (Lipinski definition) is 4. The van der Waals surface area contributed by atoms with Gasteiger partial charge in [0.1, 0.15) is 0 Å². The Bertz CT molecular complexity index is 371. The number of ether oxygens (including phenoxy) is 1. The Morgan fingerprint density at radius 2 is 2.00 bits per heavy atom. The Kier molecular flexibility index (Phi) is 3.68. The Hall–Kier alpha value is -2.04. The van der Waals surface area contributed by atoms with Gasteiger partial charge in [-0.15, -0.1) is 0 Å². The van der Waals surface area contributed by atoms with Crippen molar-refractivity contribution < 1.29 is 14.7 Å². The molecule has 0 aliphatic heterocycles. The molecule has 0 aliphatic carbocycles. The maximum absolute atomic E-state index is 10.9. The zero-order valence-corrected chi connectivity index (χ0v) is 8.52. The lowest BCUT2D eigenvalue weighted by Crippen LogP contribution is -2.10. The van der Waals surface area contributed by atoms with E-state index in [4.69, 9.17) is 5.21 Å². The summed E-state index contributed by atoms with van der Waals surface area (Å²) in [4.78, 5) is 10.9. The third-order valence-corrected chi connectivity index (χ3v) is 1.88. The van der Waals surface area contributed by atoms with Crippen LogP contribution in [0.1, 0.15) is 12.5 Å². The highest BCUT2D eigenvalue weighted by Crippen LogP contribution is 2.10. The smallest absolute Gasteiger partial charge is 0.411 e. The fraction of sp³-hybridized carbons (Fsp3) is 0.200. The van der Waals surface area contributed by atoms with E-state index >= 15 is 0 Å². The number of anilines is 1. The van der Waals surface area contributed by atoms with Gasteiger partial charge in [-0.25, -0.2) is 4.79 Å². The van der Waals surface area contributed by atoms with E-state index in [0.717, 1.165) is 5.56 Å². The van der Waals surface area contributed by atoms with E-state index < -0.39 is 6.09 Å². The van der Waals surface area contributed by atoms with Crippen molar-refractivity contribution in [3.8, 4) is 0 Å². The van der Waals surface area contributed by atoms with Gasteiger partial charge in [-0.05, 0) is 24.6 Å². The van der Waals surface area contributed by atoms with Crippen LogP contribution in [0, 0.1) is 0 Å². The molecule has 15 heavy (non-hydrogen) atoms. The largest absolute Gasteiger partial charge is 0.453 e. The molecule has 0 aromatic heterocycles. The summed E-state index contributed by atoms with van der Waals surface area (Å²) >= 11 is 0. The molecule has 5 heteroatoms. The molecule has 0 spiro atoms. The third-order valence-electron chi connectivity index (χ3n) is 1.88. The average Bonchev–Trinajstić information content (AvgIpc) is 2.29. The van der Waals surface area contributed by atoms with Crippen LogP contribution in [0.25, 0.3) is 0 Å². The summed E-state index contributed by atoms with van der Waals surface area (Å²) < 4.78 is 4.44. The van der Waals surface area contributed by atoms with Crippen LogP contribution in [0.15, 0.2) is 29.4 Å². The van der Waals surface area contributed by atoms with Gasteiger partial charge in [0.05, 0.1) is 12.8 Å². The molecule has 0 atom stereocenters. The van der Waals surface area contributed by atoms with Gasteiger partial charge in [-0.2, -0.15) is 0 Å². The molecule has 5 nitrogen and oxygen atoms in total. The highest BCUT2D eigenvalue weighted by molar-refractivity contribution is 5.98. The van der Waals surface area contributed by atoms with Gasteiger partial charge in [0.15, 0.2) is 0 Å². The molecule has 1 rings (SSSR count). The normalized spacial score (nSPS) is 10.9. The number of rotatable bonds is 2. The minimum absolute atomic E-state index is 0.514. The van der Waals surface area contributed by atoms with Crippen LogP contribution in [0.4, 0.5) is 10.5 Å². The van der Waals surface area contributed by atoms with Crippen LogP contribution in [-0.2, 0) is 4.74 Å². The lowest BCUT2D eigenvalue weighted by molar-refractivity contribution is 0.187. The summed E-state index contributed by atoms with van der Waals surface area (Å²) in [6.07, 6.45) is -0.518. The van der Waals surface area contributed by atoms with Crippen molar-refractivity contribution in [1.29, 1.82) is 0 Å². The van der Waals surface area contributed by atoms with Crippen LogP contribution in [0.2, 0.25) is 0 Å². The number of carbonyl (C=O) groups is 1. The fourth-order valence-electron chi connectivity index (χ4n) is 1.02. The van der Waals surface area contributed by atoms with Crippen molar-refractivity contribution in [3.05, 3.63) is 29.8 Å². The summed E-state index contributed by atoms with van der Waals surface area (Å²) in [7, 11) is 1.30. The molecule has 0 radical (unpaired) electrons. The SMILES string of the molecule is COC(=O)Nc1ccc(/C(C)=N/O)cc1. The van der Waals surface area contributed by atoms with Gasteiger partial charge in [0.25, 0.3) is 0 Å². The summed E-state index contributed by atoms with van der Waals surface area (Å²) in [5.41, 5.74) is 1.92. The summed E-state index contributed by atoms with van der Waals surface area (Å²) in [5.74, 6) is 0. The number of benzene rings is 1. The van der Waals surface area contributed by atoms with E-state index in [2.05, 4.69) is 15.2 Å². The number of methoxy groups -OCH3 is 1. The number of nitrogens with one attached hydrogen (secondary N) is 1. The molecule has 0 unspecified atom stereocenters. The quantitative estimate of drug-likeness (QED) is 0.444. The summed E-state index contributed by atoms with van der Waals surface area (Å²) in [6, 6.07) is 6.86. The van der Waals surface area contributed by atoms with E-state index in [0.29, 0.717) is 11.4 Å². The first kappa shape index (κ1) is 11.0. The fourth-order valence-corrected chi connectivity index (χ4v) is 1.02. The number of nitrogens with zero attached hydrogens (tertiary/aromatic N) is 1. The van der Waals surface area contributed by atoms with Gasteiger partial charge in [-0.3, -0.25) is 5.32 Å². The van der Waals surface area contributed by atoms with Gasteiger partial charge in [0, 0.05) is 5.69 Å². The van der Waals surface area contributed by atoms with Crippen molar-refractivity contribution in [1.82, 2.24) is 0 Å². The number of carbonyl (C=O) groups excluding carboxylic acids is 1. The van der Waals surface area contributed by atoms with Crippen molar-refractivity contribution in [2.75, 3.05) is 12.4 Å². The maximum atomic E-state index is 10.9. The average molecular weight is 208 g/mol. The second-order valence-corrected chi connectivity index (χ2v) is 2.88. The standard InChI is InChI=1S/C10H12N2O3/c1-7(12-14)8-3-5-9(6-4-8)11-10(13)15-2/h3-6,14H,1-2H3,(H,11,13)/b12-7+. The van der Waals surface area contributed by atoms with Gasteiger partial charge >= 0.3 is 6.09 Å². The molecule has 0 bridgehead atoms. The molecular formula is C10H12N2O3. The number of oxime groups is 1. The Morgan fingerprint density at radius 3 is 2.47 bits per heavy atom. The molecule has 0 fully saturated rings. The van der Waals surface area contributed by atoms with E-state index in [1.54, 1.807) is 31.2 Å². The first-order chi connectivity index (χ1) is 7.17. The first-order valence-electron chi connectivity index (χ1n) is 4.31. The first-order valence-corrected chi connectivity index (χ1v) is 4.31. The zero-order valence-electron chi connectivity index (χ0n) is 8.52. The van der Waals surface area contributed by atoms with Gasteiger partial charge in [-0.1, -0.05) is 17.3 Å². The second-order valence-electron chi connectivity index (χ2n) is 2.88. The monoisotopic (exact) mass is 208 g/mol. The zero-order chi connectivity index (χ0) is 11.3. The molecule has 0 heterocycles. The van der Waals surface area contributed by atoms with Crippen LogP contribution in [0.5, 0.6) is 0 Å². The number of hydrogen-bond donors (Lipinski definition) is 2. The summed E-state index contributed by atoms with van der Waals surface area (Å²) in [6.45, 7) is 1.68. The Morgan fingerprint density at radius 1 is 1.40 bits per heavy atom. The van der Waals surface area contributed by atoms with Crippen molar-refractivity contribution >= 4 is 17.5 Å². The second kappa shape index (κ2) is 4.99. The molecular weight excluding hydrogens is 196 g/mol. The molecule has 2 N–H and O–H groups in total. The minimum atomic E-state index is -0.518. The van der Waals surface area contributed by atoms with Crippen molar-refractivity contribution in [2.45, 2.75) is 6.92 Å². The topological polar surface area (TPSA) is 70.9 Å². The molecule has 0 saturated heterocycles. The van der Waals surface area contributed by atoms with E-state index in [9.17, 15) is 4.79 Å². The van der Waals surface area contributed by atoms with Crippen LogP contribution < -0.4 is 5.32 Å². The van der Waals surface area contributed by atoms with Gasteiger partial charge in [0.2, 0.25) is 0 Å². The van der Waals surface area contributed by atoms with Crippen LogP contribution in [-0.4, -0.2) is 24.1 Å². The number of amides is 1. The predicted molar refractivity (Wildman–Crippen MR) is 56.5 cm³/mol. The predicted octanol–water partition coefficient (Wildman–Crippen LogP) is 2.06. The third kappa shape index (κ3) is 2.98. The molecule has 80 valence electrons. The lowest BCUT2D eigenvalue weighted by atomic mass is 10.1. The van der Waals surface area contributed by atoms with Crippen molar-refractivity contribution in [3.63, 3.8) is 0 Å². The van der Waals surface area contributed by atoms with Crippen molar-refractivity contribution in [2.24, 2.45) is 5.16 Å². The Balaban J connectivity index is 2.77. The molecule has 1 aromatic rings. The molecule has 0 aliphatic rings. The molecule has 0 saturated carbocycles.